The summed E-state index contributed by atoms with van der Waals surface area (Å²) in [6.45, 7) is 10.1. The quantitative estimate of drug-likeness (QED) is 0.386. The maximum Gasteiger partial charge on any atom is 0.191 e. The first-order valence-electron chi connectivity index (χ1n) is 9.72. The second-order valence-electron chi connectivity index (χ2n) is 7.44. The van der Waals surface area contributed by atoms with Crippen LogP contribution in [-0.4, -0.2) is 28.3 Å². The van der Waals surface area contributed by atoms with E-state index in [0.717, 1.165) is 31.8 Å². The fourth-order valence-corrected chi connectivity index (χ4v) is 3.28. The van der Waals surface area contributed by atoms with Crippen LogP contribution >= 0.6 is 24.0 Å². The minimum atomic E-state index is 0. The summed E-state index contributed by atoms with van der Waals surface area (Å²) in [4.78, 5) is 4.77. The number of hydrogen-bond acceptors (Lipinski definition) is 2. The molecule has 0 spiro atoms. The predicted octanol–water partition coefficient (Wildman–Crippen LogP) is 4.00. The minimum Gasteiger partial charge on any atom is -0.357 e. The monoisotopic (exact) mass is 481 g/mol. The molecule has 0 fully saturated rings. The number of halogens is 1. The summed E-state index contributed by atoms with van der Waals surface area (Å²) in [6.07, 6.45) is 5.37. The highest BCUT2D eigenvalue weighted by Crippen LogP contribution is 2.21. The van der Waals surface area contributed by atoms with Crippen molar-refractivity contribution in [2.75, 3.05) is 6.54 Å². The fraction of sp³-hybridized carbons (Fsp3) is 0.524. The van der Waals surface area contributed by atoms with Crippen molar-refractivity contribution in [2.24, 2.45) is 4.99 Å². The molecule has 3 rings (SSSR count). The molecular formula is C21H32IN5. The third kappa shape index (κ3) is 5.96. The zero-order valence-corrected chi connectivity index (χ0v) is 19.2. The molecular weight excluding hydrogens is 449 g/mol. The summed E-state index contributed by atoms with van der Waals surface area (Å²) in [5, 5.41) is 11.8. The van der Waals surface area contributed by atoms with Crippen molar-refractivity contribution in [3.8, 4) is 0 Å². The number of aryl methyl sites for hydroxylation is 2. The molecule has 1 aliphatic rings. The number of aliphatic imine (C=N–C) groups is 1. The second kappa shape index (κ2) is 10.1. The standard InChI is InChI=1S/C21H31N5.HI/c1-5-22-21(23-13-17-8-6-16(4)7-9-17)24-19-11-10-18-14-26(15(2)3)25-20(18)12-19;/h6-9,14-15,19H,5,10-13H2,1-4H3,(H2,22,23,24);1H. The summed E-state index contributed by atoms with van der Waals surface area (Å²) >= 11 is 0. The highest BCUT2D eigenvalue weighted by Gasteiger charge is 2.22. The second-order valence-corrected chi connectivity index (χ2v) is 7.44. The zero-order chi connectivity index (χ0) is 18.5. The highest BCUT2D eigenvalue weighted by atomic mass is 127. The molecule has 5 nitrogen and oxygen atoms in total. The third-order valence-corrected chi connectivity index (χ3v) is 4.85. The molecule has 27 heavy (non-hydrogen) atoms. The molecule has 1 aliphatic carbocycles. The Balaban J connectivity index is 0.00000261. The number of guanidine groups is 1. The van der Waals surface area contributed by atoms with Crippen molar-refractivity contribution in [3.63, 3.8) is 0 Å². The van der Waals surface area contributed by atoms with Crippen LogP contribution in [0.1, 0.15) is 55.6 Å². The van der Waals surface area contributed by atoms with Crippen LogP contribution in [0, 0.1) is 6.92 Å². The van der Waals surface area contributed by atoms with E-state index in [4.69, 9.17) is 10.1 Å². The summed E-state index contributed by atoms with van der Waals surface area (Å²) in [5.74, 6) is 0.893. The lowest BCUT2D eigenvalue weighted by molar-refractivity contribution is 0.499. The molecule has 6 heteroatoms. The summed E-state index contributed by atoms with van der Waals surface area (Å²) in [5.41, 5.74) is 5.14. The van der Waals surface area contributed by atoms with Crippen LogP contribution < -0.4 is 10.6 Å². The van der Waals surface area contributed by atoms with E-state index in [1.807, 2.05) is 0 Å². The largest absolute Gasteiger partial charge is 0.357 e. The van der Waals surface area contributed by atoms with Crippen molar-refractivity contribution in [1.82, 2.24) is 20.4 Å². The Morgan fingerprint density at radius 3 is 2.70 bits per heavy atom. The van der Waals surface area contributed by atoms with Crippen LogP contribution in [0.2, 0.25) is 0 Å². The van der Waals surface area contributed by atoms with Gasteiger partial charge in [0.2, 0.25) is 0 Å². The van der Waals surface area contributed by atoms with Gasteiger partial charge in [0, 0.05) is 31.2 Å². The van der Waals surface area contributed by atoms with E-state index >= 15 is 0 Å². The molecule has 0 amide bonds. The Morgan fingerprint density at radius 2 is 2.04 bits per heavy atom. The number of nitrogens with one attached hydrogen (secondary N) is 2. The summed E-state index contributed by atoms with van der Waals surface area (Å²) in [7, 11) is 0. The first kappa shape index (κ1) is 21.7. The smallest absolute Gasteiger partial charge is 0.191 e. The van der Waals surface area contributed by atoms with E-state index in [9.17, 15) is 0 Å². The van der Waals surface area contributed by atoms with Gasteiger partial charge in [-0.3, -0.25) is 4.68 Å². The molecule has 148 valence electrons. The van der Waals surface area contributed by atoms with Crippen LogP contribution in [-0.2, 0) is 19.4 Å². The molecule has 1 aromatic heterocycles. The Hall–Kier alpha value is -1.57. The Kier molecular flexibility index (Phi) is 8.13. The molecule has 0 aliphatic heterocycles. The number of benzene rings is 1. The number of fused-ring (bicyclic) bond motifs is 1. The lowest BCUT2D eigenvalue weighted by atomic mass is 9.94. The minimum absolute atomic E-state index is 0. The molecule has 0 saturated carbocycles. The first-order valence-corrected chi connectivity index (χ1v) is 9.72. The van der Waals surface area contributed by atoms with Gasteiger partial charge in [-0.05, 0) is 51.7 Å². The first-order chi connectivity index (χ1) is 12.5. The molecule has 0 saturated heterocycles. The van der Waals surface area contributed by atoms with Crippen LogP contribution in [0.15, 0.2) is 35.5 Å². The molecule has 1 unspecified atom stereocenters. The lowest BCUT2D eigenvalue weighted by Gasteiger charge is -2.24. The lowest BCUT2D eigenvalue weighted by Crippen LogP contribution is -2.45. The van der Waals surface area contributed by atoms with Gasteiger partial charge in [-0.25, -0.2) is 4.99 Å². The van der Waals surface area contributed by atoms with Gasteiger partial charge in [-0.2, -0.15) is 5.10 Å². The van der Waals surface area contributed by atoms with E-state index in [-0.39, 0.29) is 24.0 Å². The van der Waals surface area contributed by atoms with E-state index < -0.39 is 0 Å². The van der Waals surface area contributed by atoms with E-state index in [1.54, 1.807) is 0 Å². The van der Waals surface area contributed by atoms with Gasteiger partial charge in [0.05, 0.1) is 12.2 Å². The maximum atomic E-state index is 4.77. The van der Waals surface area contributed by atoms with Crippen molar-refractivity contribution in [3.05, 3.63) is 52.8 Å². The highest BCUT2D eigenvalue weighted by molar-refractivity contribution is 14.0. The molecule has 2 aromatic rings. The van der Waals surface area contributed by atoms with E-state index in [0.29, 0.717) is 18.6 Å². The molecule has 1 aromatic carbocycles. The molecule has 1 atom stereocenters. The van der Waals surface area contributed by atoms with Gasteiger partial charge in [-0.1, -0.05) is 29.8 Å². The van der Waals surface area contributed by atoms with E-state index in [2.05, 4.69) is 73.5 Å². The predicted molar refractivity (Wildman–Crippen MR) is 123 cm³/mol. The normalized spacial score (nSPS) is 16.6. The van der Waals surface area contributed by atoms with E-state index in [1.165, 1.54) is 22.4 Å². The van der Waals surface area contributed by atoms with Crippen molar-refractivity contribution in [1.29, 1.82) is 0 Å². The number of aromatic nitrogens is 2. The van der Waals surface area contributed by atoms with Gasteiger partial charge >= 0.3 is 0 Å². The topological polar surface area (TPSA) is 54.2 Å². The van der Waals surface area contributed by atoms with Gasteiger partial charge < -0.3 is 10.6 Å². The average molecular weight is 481 g/mol. The summed E-state index contributed by atoms with van der Waals surface area (Å²) in [6, 6.07) is 9.37. The Bertz CT molecular complexity index is 748. The number of rotatable bonds is 5. The third-order valence-electron chi connectivity index (χ3n) is 4.85. The van der Waals surface area contributed by atoms with Crippen LogP contribution in [0.25, 0.3) is 0 Å². The molecule has 0 radical (unpaired) electrons. The van der Waals surface area contributed by atoms with Crippen LogP contribution in [0.5, 0.6) is 0 Å². The molecule has 0 bridgehead atoms. The van der Waals surface area contributed by atoms with Gasteiger partial charge in [0.1, 0.15) is 0 Å². The van der Waals surface area contributed by atoms with Crippen molar-refractivity contribution < 1.29 is 0 Å². The Labute approximate surface area is 180 Å². The number of nitrogens with zero attached hydrogens (tertiary/aromatic N) is 3. The Morgan fingerprint density at radius 1 is 1.30 bits per heavy atom. The summed E-state index contributed by atoms with van der Waals surface area (Å²) < 4.78 is 2.09. The van der Waals surface area contributed by atoms with Crippen LogP contribution in [0.4, 0.5) is 0 Å². The SMILES string of the molecule is CCNC(=NCc1ccc(C)cc1)NC1CCc2cn(C(C)C)nc2C1.I. The van der Waals surface area contributed by atoms with Gasteiger partial charge in [0.25, 0.3) is 0 Å². The maximum absolute atomic E-state index is 4.77. The van der Waals surface area contributed by atoms with Crippen molar-refractivity contribution >= 4 is 29.9 Å². The van der Waals surface area contributed by atoms with Crippen LogP contribution in [0.3, 0.4) is 0 Å². The number of hydrogen-bond donors (Lipinski definition) is 2. The van der Waals surface area contributed by atoms with Gasteiger partial charge in [-0.15, -0.1) is 24.0 Å². The average Bonchev–Trinajstić information content (AvgIpc) is 3.05. The van der Waals surface area contributed by atoms with Gasteiger partial charge in [0.15, 0.2) is 5.96 Å². The molecule has 1 heterocycles. The molecule has 2 N–H and O–H groups in total. The zero-order valence-electron chi connectivity index (χ0n) is 16.8. The fourth-order valence-electron chi connectivity index (χ4n) is 3.28. The van der Waals surface area contributed by atoms with Crippen molar-refractivity contribution in [2.45, 2.75) is 65.6 Å².